The number of benzene rings is 2. The lowest BCUT2D eigenvalue weighted by Crippen LogP contribution is -2.37. The summed E-state index contributed by atoms with van der Waals surface area (Å²) >= 11 is 0. The van der Waals surface area contributed by atoms with Gasteiger partial charge in [0, 0.05) is 48.5 Å². The first kappa shape index (κ1) is 26.3. The number of amides is 1. The number of nitrogens with one attached hydrogen (secondary N) is 2. The molecule has 0 atom stereocenters. The van der Waals surface area contributed by atoms with E-state index in [1.54, 1.807) is 0 Å². The van der Waals surface area contributed by atoms with E-state index >= 15 is 0 Å². The number of hydrogen-bond acceptors (Lipinski definition) is 8. The zero-order valence-electron chi connectivity index (χ0n) is 22.0. The Kier molecular flexibility index (Phi) is 8.40. The number of hydrogen-bond donors (Lipinski definition) is 2. The van der Waals surface area contributed by atoms with Crippen molar-refractivity contribution in [1.82, 2.24) is 19.9 Å². The first-order valence-corrected chi connectivity index (χ1v) is 13.0. The van der Waals surface area contributed by atoms with Gasteiger partial charge in [-0.25, -0.2) is 9.97 Å². The smallest absolute Gasteiger partial charge is 0.247 e. The summed E-state index contributed by atoms with van der Waals surface area (Å²) in [6.45, 7) is 10.4. The minimum Gasteiger partial charge on any atom is -0.491 e. The number of aryl methyl sites for hydroxylation is 1. The second-order valence-corrected chi connectivity index (χ2v) is 9.36. The van der Waals surface area contributed by atoms with Crippen molar-refractivity contribution in [3.63, 3.8) is 0 Å². The molecule has 1 saturated heterocycles. The summed E-state index contributed by atoms with van der Waals surface area (Å²) in [5, 5.41) is 7.02. The first-order valence-electron chi connectivity index (χ1n) is 13.0. The van der Waals surface area contributed by atoms with Gasteiger partial charge in [-0.3, -0.25) is 14.7 Å². The van der Waals surface area contributed by atoms with Gasteiger partial charge in [0.15, 0.2) is 0 Å². The fourth-order valence-electron chi connectivity index (χ4n) is 4.41. The van der Waals surface area contributed by atoms with Gasteiger partial charge in [-0.1, -0.05) is 24.8 Å². The molecule has 1 fully saturated rings. The average Bonchev–Trinajstić information content (AvgIpc) is 2.97. The van der Waals surface area contributed by atoms with Crippen LogP contribution < -0.4 is 15.4 Å². The highest BCUT2D eigenvalue weighted by atomic mass is 16.5. The Hall–Kier alpha value is -4.34. The summed E-state index contributed by atoms with van der Waals surface area (Å²) in [5.41, 5.74) is 5.08. The lowest BCUT2D eigenvalue weighted by Gasteiger charge is -2.26. The van der Waals surface area contributed by atoms with Gasteiger partial charge >= 0.3 is 0 Å². The van der Waals surface area contributed by atoms with Gasteiger partial charge < -0.3 is 20.1 Å². The van der Waals surface area contributed by atoms with Gasteiger partial charge in [0.1, 0.15) is 17.9 Å². The Labute approximate surface area is 227 Å². The first-order chi connectivity index (χ1) is 19.1. The normalized spacial score (nSPS) is 13.7. The van der Waals surface area contributed by atoms with Crippen LogP contribution in [0.1, 0.15) is 12.0 Å². The van der Waals surface area contributed by atoms with Crippen LogP contribution in [0.5, 0.6) is 5.75 Å². The number of carbonyl (C=O) groups excluding carboxylic acids is 1. The lowest BCUT2D eigenvalue weighted by molar-refractivity contribution is -0.111. The van der Waals surface area contributed by atoms with E-state index in [4.69, 9.17) is 9.47 Å². The molecule has 0 radical (unpaired) electrons. The predicted molar refractivity (Wildman–Crippen MR) is 153 cm³/mol. The van der Waals surface area contributed by atoms with Crippen LogP contribution in [0.25, 0.3) is 22.2 Å². The number of carbonyl (C=O) groups is 1. The van der Waals surface area contributed by atoms with Crippen molar-refractivity contribution in [3.05, 3.63) is 79.3 Å². The molecule has 5 rings (SSSR count). The molecule has 0 aliphatic carbocycles. The van der Waals surface area contributed by atoms with Crippen molar-refractivity contribution in [3.8, 4) is 17.0 Å². The maximum Gasteiger partial charge on any atom is 0.247 e. The van der Waals surface area contributed by atoms with Gasteiger partial charge in [0.05, 0.1) is 36.7 Å². The number of aromatic nitrogens is 3. The van der Waals surface area contributed by atoms with Crippen molar-refractivity contribution in [2.45, 2.75) is 13.3 Å². The fourth-order valence-corrected chi connectivity index (χ4v) is 4.41. The highest BCUT2D eigenvalue weighted by Gasteiger charge is 2.14. The van der Waals surface area contributed by atoms with E-state index in [1.165, 1.54) is 12.4 Å². The summed E-state index contributed by atoms with van der Waals surface area (Å²) in [4.78, 5) is 28.1. The Morgan fingerprint density at radius 1 is 1.13 bits per heavy atom. The van der Waals surface area contributed by atoms with Gasteiger partial charge in [-0.05, 0) is 49.2 Å². The van der Waals surface area contributed by atoms with E-state index in [0.29, 0.717) is 29.4 Å². The molecule has 9 heteroatoms. The number of anilines is 3. The molecule has 2 aromatic heterocycles. The standard InChI is InChI=1S/C30H32N6O3/c1-3-29(37)35-27-17-24-26(18-28(27)39-13-5-10-36-11-14-38-15-12-36)32-20-33-30(24)34-23-7-4-6-22(16-23)25-9-8-21(2)19-31-25/h3-4,6-9,16-20H,1,5,10-15H2,2H3,(H,35,37)(H,32,33,34). The number of morpholine rings is 1. The molecule has 1 amide bonds. The fraction of sp³-hybridized carbons (Fsp3) is 0.267. The zero-order chi connectivity index (χ0) is 27.0. The number of pyridine rings is 1. The molecule has 200 valence electrons. The van der Waals surface area contributed by atoms with E-state index < -0.39 is 0 Å². The summed E-state index contributed by atoms with van der Waals surface area (Å²) in [7, 11) is 0. The Balaban J connectivity index is 1.38. The van der Waals surface area contributed by atoms with Crippen LogP contribution in [0, 0.1) is 6.92 Å². The number of rotatable bonds is 10. The van der Waals surface area contributed by atoms with Crippen LogP contribution in [0.4, 0.5) is 17.2 Å². The molecule has 39 heavy (non-hydrogen) atoms. The molecule has 3 heterocycles. The van der Waals surface area contributed by atoms with Gasteiger partial charge in [-0.15, -0.1) is 0 Å². The second-order valence-electron chi connectivity index (χ2n) is 9.36. The molecular formula is C30H32N6O3. The van der Waals surface area contributed by atoms with Crippen molar-refractivity contribution in [2.75, 3.05) is 50.1 Å². The van der Waals surface area contributed by atoms with Crippen molar-refractivity contribution >= 4 is 34.0 Å². The molecule has 2 aromatic carbocycles. The summed E-state index contributed by atoms with van der Waals surface area (Å²) in [6.07, 6.45) is 5.46. The minimum atomic E-state index is -0.322. The minimum absolute atomic E-state index is 0.322. The van der Waals surface area contributed by atoms with E-state index in [0.717, 1.165) is 67.2 Å². The van der Waals surface area contributed by atoms with Crippen molar-refractivity contribution in [1.29, 1.82) is 0 Å². The van der Waals surface area contributed by atoms with Crippen LogP contribution in [0.2, 0.25) is 0 Å². The van der Waals surface area contributed by atoms with Crippen molar-refractivity contribution < 1.29 is 14.3 Å². The Morgan fingerprint density at radius 3 is 2.79 bits per heavy atom. The Bertz CT molecular complexity index is 1450. The number of ether oxygens (including phenoxy) is 2. The summed E-state index contributed by atoms with van der Waals surface area (Å²) in [6, 6.07) is 15.7. The van der Waals surface area contributed by atoms with E-state index in [2.05, 4.69) is 37.1 Å². The third-order valence-corrected chi connectivity index (χ3v) is 6.49. The molecule has 9 nitrogen and oxygen atoms in total. The molecule has 1 aliphatic rings. The molecule has 0 unspecified atom stereocenters. The third-order valence-electron chi connectivity index (χ3n) is 6.49. The van der Waals surface area contributed by atoms with E-state index in [-0.39, 0.29) is 5.91 Å². The maximum absolute atomic E-state index is 12.2. The highest BCUT2D eigenvalue weighted by molar-refractivity contribution is 6.03. The molecule has 2 N–H and O–H groups in total. The summed E-state index contributed by atoms with van der Waals surface area (Å²) in [5.74, 6) is 0.843. The summed E-state index contributed by atoms with van der Waals surface area (Å²) < 4.78 is 11.5. The predicted octanol–water partition coefficient (Wildman–Crippen LogP) is 4.97. The number of fused-ring (bicyclic) bond motifs is 1. The van der Waals surface area contributed by atoms with Gasteiger partial charge in [0.2, 0.25) is 5.91 Å². The van der Waals surface area contributed by atoms with Gasteiger partial charge in [0.25, 0.3) is 0 Å². The third kappa shape index (κ3) is 6.76. The monoisotopic (exact) mass is 524 g/mol. The maximum atomic E-state index is 12.2. The van der Waals surface area contributed by atoms with Crippen LogP contribution in [0.15, 0.2) is 73.7 Å². The lowest BCUT2D eigenvalue weighted by atomic mass is 10.1. The second kappa shape index (κ2) is 12.5. The van der Waals surface area contributed by atoms with Crippen LogP contribution in [-0.2, 0) is 9.53 Å². The Morgan fingerprint density at radius 2 is 2.00 bits per heavy atom. The quantitative estimate of drug-likeness (QED) is 0.222. The highest BCUT2D eigenvalue weighted by Crippen LogP contribution is 2.34. The van der Waals surface area contributed by atoms with Crippen LogP contribution in [-0.4, -0.2) is 65.2 Å². The van der Waals surface area contributed by atoms with Gasteiger partial charge in [-0.2, -0.15) is 0 Å². The molecule has 0 saturated carbocycles. The topological polar surface area (TPSA) is 102 Å². The largest absolute Gasteiger partial charge is 0.491 e. The van der Waals surface area contributed by atoms with Crippen LogP contribution >= 0.6 is 0 Å². The SMILES string of the molecule is C=CC(=O)Nc1cc2c(Nc3cccc(-c4ccc(C)cn4)c3)ncnc2cc1OCCCN1CCOCC1. The molecule has 1 aliphatic heterocycles. The van der Waals surface area contributed by atoms with Crippen molar-refractivity contribution in [2.24, 2.45) is 0 Å². The molecule has 0 bridgehead atoms. The molecule has 0 spiro atoms. The number of nitrogens with zero attached hydrogens (tertiary/aromatic N) is 4. The van der Waals surface area contributed by atoms with Crippen LogP contribution in [0.3, 0.4) is 0 Å². The molecule has 4 aromatic rings. The molecular weight excluding hydrogens is 492 g/mol. The van der Waals surface area contributed by atoms with E-state index in [1.807, 2.05) is 61.7 Å². The van der Waals surface area contributed by atoms with E-state index in [9.17, 15) is 4.79 Å². The average molecular weight is 525 g/mol. The zero-order valence-corrected chi connectivity index (χ0v) is 22.0.